The van der Waals surface area contributed by atoms with Crippen LogP contribution in [0, 0.1) is 0 Å². The van der Waals surface area contributed by atoms with Crippen LogP contribution in [0.25, 0.3) is 0 Å². The molecule has 1 unspecified atom stereocenters. The Balaban J connectivity index is 2.51. The number of hydrogen-bond donors (Lipinski definition) is 2. The van der Waals surface area contributed by atoms with E-state index in [9.17, 15) is 9.90 Å². The Hall–Kier alpha value is -1.39. The molecule has 0 saturated heterocycles. The maximum absolute atomic E-state index is 11.9. The van der Waals surface area contributed by atoms with E-state index in [0.717, 1.165) is 12.1 Å². The number of aliphatic hydroxyl groups is 1. The van der Waals surface area contributed by atoms with E-state index in [1.165, 1.54) is 5.56 Å². The van der Waals surface area contributed by atoms with Gasteiger partial charge in [-0.1, -0.05) is 26.0 Å². The number of nitrogens with zero attached hydrogens (tertiary/aromatic N) is 1. The van der Waals surface area contributed by atoms with Crippen molar-refractivity contribution in [1.29, 1.82) is 0 Å². The van der Waals surface area contributed by atoms with Gasteiger partial charge in [0.25, 0.3) is 0 Å². The molecule has 0 radical (unpaired) electrons. The van der Waals surface area contributed by atoms with Crippen molar-refractivity contribution in [2.75, 3.05) is 25.5 Å². The fourth-order valence-electron chi connectivity index (χ4n) is 2.29. The number of anilines is 1. The molecule has 1 aromatic carbocycles. The zero-order valence-corrected chi connectivity index (χ0v) is 13.8. The predicted molar refractivity (Wildman–Crippen MR) is 87.6 cm³/mol. The van der Waals surface area contributed by atoms with Crippen molar-refractivity contribution in [1.82, 2.24) is 4.90 Å². The fraction of sp³-hybridized carbons (Fsp3) is 0.588. The van der Waals surface area contributed by atoms with Crippen LogP contribution in [0.15, 0.2) is 24.3 Å². The molecular weight excluding hydrogens is 264 g/mol. The van der Waals surface area contributed by atoms with Gasteiger partial charge in [0.2, 0.25) is 5.91 Å². The molecule has 0 aliphatic rings. The van der Waals surface area contributed by atoms with E-state index >= 15 is 0 Å². The van der Waals surface area contributed by atoms with Crippen molar-refractivity contribution < 1.29 is 9.90 Å². The third-order valence-corrected chi connectivity index (χ3v) is 3.45. The van der Waals surface area contributed by atoms with Crippen LogP contribution in [0.2, 0.25) is 0 Å². The number of carbonyl (C=O) groups is 1. The van der Waals surface area contributed by atoms with E-state index in [0.29, 0.717) is 12.5 Å². The zero-order valence-electron chi connectivity index (χ0n) is 13.8. The summed E-state index contributed by atoms with van der Waals surface area (Å²) in [5, 5.41) is 12.6. The standard InChI is InChI=1S/C17H28N2O2/c1-6-13(2)14-7-9-15(10-8-14)18-16(20)11-19(5)12-17(3,4)21/h7-10,13,21H,6,11-12H2,1-5H3,(H,18,20). The molecule has 4 heteroatoms. The molecule has 0 aromatic heterocycles. The van der Waals surface area contributed by atoms with Crippen molar-refractivity contribution in [2.24, 2.45) is 0 Å². The summed E-state index contributed by atoms with van der Waals surface area (Å²) in [6, 6.07) is 8.00. The lowest BCUT2D eigenvalue weighted by Gasteiger charge is -2.24. The van der Waals surface area contributed by atoms with Gasteiger partial charge in [0.05, 0.1) is 12.1 Å². The highest BCUT2D eigenvalue weighted by Gasteiger charge is 2.17. The average Bonchev–Trinajstić information content (AvgIpc) is 2.36. The van der Waals surface area contributed by atoms with E-state index in [-0.39, 0.29) is 12.5 Å². The van der Waals surface area contributed by atoms with Crippen LogP contribution in [-0.4, -0.2) is 41.7 Å². The van der Waals surface area contributed by atoms with Crippen LogP contribution >= 0.6 is 0 Å². The van der Waals surface area contributed by atoms with E-state index in [1.54, 1.807) is 13.8 Å². The largest absolute Gasteiger partial charge is 0.389 e. The first kappa shape index (κ1) is 17.7. The smallest absolute Gasteiger partial charge is 0.238 e. The molecule has 0 fully saturated rings. The topological polar surface area (TPSA) is 52.6 Å². The number of rotatable bonds is 7. The third-order valence-electron chi connectivity index (χ3n) is 3.45. The van der Waals surface area contributed by atoms with Gasteiger partial charge in [0, 0.05) is 12.2 Å². The molecule has 0 bridgehead atoms. The highest BCUT2D eigenvalue weighted by molar-refractivity contribution is 5.92. The van der Waals surface area contributed by atoms with Crippen LogP contribution in [0.4, 0.5) is 5.69 Å². The molecule has 1 amide bonds. The van der Waals surface area contributed by atoms with E-state index in [4.69, 9.17) is 0 Å². The van der Waals surface area contributed by atoms with E-state index in [2.05, 4.69) is 31.3 Å². The van der Waals surface area contributed by atoms with Crippen molar-refractivity contribution in [2.45, 2.75) is 45.6 Å². The predicted octanol–water partition coefficient (Wildman–Crippen LogP) is 2.84. The Bertz CT molecular complexity index is 449. The van der Waals surface area contributed by atoms with Crippen LogP contribution in [0.5, 0.6) is 0 Å². The van der Waals surface area contributed by atoms with Crippen molar-refractivity contribution in [3.63, 3.8) is 0 Å². The van der Waals surface area contributed by atoms with Gasteiger partial charge in [-0.05, 0) is 50.9 Å². The summed E-state index contributed by atoms with van der Waals surface area (Å²) in [5.41, 5.74) is 1.30. The summed E-state index contributed by atoms with van der Waals surface area (Å²) in [5.74, 6) is 0.464. The Morgan fingerprint density at radius 2 is 1.90 bits per heavy atom. The lowest BCUT2D eigenvalue weighted by Crippen LogP contribution is -2.40. The first-order valence-electron chi connectivity index (χ1n) is 7.52. The highest BCUT2D eigenvalue weighted by Crippen LogP contribution is 2.20. The number of nitrogens with one attached hydrogen (secondary N) is 1. The van der Waals surface area contributed by atoms with Crippen LogP contribution in [-0.2, 0) is 4.79 Å². The Kier molecular flexibility index (Phi) is 6.37. The molecule has 2 N–H and O–H groups in total. The number of likely N-dealkylation sites (N-methyl/N-ethyl adjacent to an activating group) is 1. The molecule has 0 spiro atoms. The summed E-state index contributed by atoms with van der Waals surface area (Å²) >= 11 is 0. The van der Waals surface area contributed by atoms with E-state index < -0.39 is 5.60 Å². The molecule has 0 aliphatic heterocycles. The summed E-state index contributed by atoms with van der Waals surface area (Å²) in [6.07, 6.45) is 1.10. The summed E-state index contributed by atoms with van der Waals surface area (Å²) in [4.78, 5) is 13.8. The minimum Gasteiger partial charge on any atom is -0.389 e. The number of benzene rings is 1. The fourth-order valence-corrected chi connectivity index (χ4v) is 2.29. The van der Waals surface area contributed by atoms with Crippen molar-refractivity contribution in [3.05, 3.63) is 29.8 Å². The maximum atomic E-state index is 11.9. The summed E-state index contributed by atoms with van der Waals surface area (Å²) in [6.45, 7) is 8.53. The number of carbonyl (C=O) groups excluding carboxylic acids is 1. The Morgan fingerprint density at radius 1 is 1.33 bits per heavy atom. The molecule has 0 aliphatic carbocycles. The van der Waals surface area contributed by atoms with Gasteiger partial charge in [-0.15, -0.1) is 0 Å². The van der Waals surface area contributed by atoms with Gasteiger partial charge < -0.3 is 10.4 Å². The average molecular weight is 292 g/mol. The lowest BCUT2D eigenvalue weighted by molar-refractivity contribution is -0.117. The molecule has 118 valence electrons. The maximum Gasteiger partial charge on any atom is 0.238 e. The van der Waals surface area contributed by atoms with Gasteiger partial charge >= 0.3 is 0 Å². The summed E-state index contributed by atoms with van der Waals surface area (Å²) in [7, 11) is 1.82. The highest BCUT2D eigenvalue weighted by atomic mass is 16.3. The third kappa shape index (κ3) is 6.74. The molecule has 1 rings (SSSR count). The van der Waals surface area contributed by atoms with Gasteiger partial charge in [-0.25, -0.2) is 0 Å². The van der Waals surface area contributed by atoms with Gasteiger partial charge in [-0.3, -0.25) is 9.69 Å². The second-order valence-corrected chi connectivity index (χ2v) is 6.46. The van der Waals surface area contributed by atoms with Crippen LogP contribution in [0.3, 0.4) is 0 Å². The number of amides is 1. The minimum absolute atomic E-state index is 0.0713. The van der Waals surface area contributed by atoms with Crippen molar-refractivity contribution >= 4 is 11.6 Å². The molecule has 21 heavy (non-hydrogen) atoms. The minimum atomic E-state index is -0.799. The first-order valence-corrected chi connectivity index (χ1v) is 7.52. The van der Waals surface area contributed by atoms with Crippen LogP contribution < -0.4 is 5.32 Å². The molecule has 0 saturated carbocycles. The van der Waals surface area contributed by atoms with Gasteiger partial charge in [-0.2, -0.15) is 0 Å². The Morgan fingerprint density at radius 3 is 2.38 bits per heavy atom. The Labute approximate surface area is 128 Å². The normalized spacial score (nSPS) is 13.3. The van der Waals surface area contributed by atoms with E-state index in [1.807, 2.05) is 24.1 Å². The molecule has 0 heterocycles. The van der Waals surface area contributed by atoms with Crippen molar-refractivity contribution in [3.8, 4) is 0 Å². The van der Waals surface area contributed by atoms with Crippen LogP contribution in [0.1, 0.15) is 45.6 Å². The lowest BCUT2D eigenvalue weighted by atomic mass is 9.99. The number of hydrogen-bond acceptors (Lipinski definition) is 3. The van der Waals surface area contributed by atoms with Gasteiger partial charge in [0.15, 0.2) is 0 Å². The molecular formula is C17H28N2O2. The molecule has 4 nitrogen and oxygen atoms in total. The molecule has 1 atom stereocenters. The zero-order chi connectivity index (χ0) is 16.0. The monoisotopic (exact) mass is 292 g/mol. The first-order chi connectivity index (χ1) is 9.71. The quantitative estimate of drug-likeness (QED) is 0.812. The van der Waals surface area contributed by atoms with Gasteiger partial charge in [0.1, 0.15) is 0 Å². The SMILES string of the molecule is CCC(C)c1ccc(NC(=O)CN(C)CC(C)(C)O)cc1. The molecule has 1 aromatic rings. The second kappa shape index (κ2) is 7.57. The second-order valence-electron chi connectivity index (χ2n) is 6.46. The summed E-state index contributed by atoms with van der Waals surface area (Å²) < 4.78 is 0.